The minimum atomic E-state index is 0.130. The first-order valence-electron chi connectivity index (χ1n) is 7.14. The number of aromatic nitrogens is 1. The lowest BCUT2D eigenvalue weighted by Crippen LogP contribution is -2.36. The fourth-order valence-corrected chi connectivity index (χ4v) is 3.01. The van der Waals surface area contributed by atoms with Gasteiger partial charge in [-0.15, -0.1) is 0 Å². The molecule has 0 radical (unpaired) electrons. The van der Waals surface area contributed by atoms with Gasteiger partial charge in [0.05, 0.1) is 12.6 Å². The van der Waals surface area contributed by atoms with Crippen molar-refractivity contribution in [3.63, 3.8) is 0 Å². The number of benzene rings is 1. The summed E-state index contributed by atoms with van der Waals surface area (Å²) in [4.78, 5) is 14.6. The van der Waals surface area contributed by atoms with Gasteiger partial charge in [-0.1, -0.05) is 12.1 Å². The number of hydrogen-bond donors (Lipinski definition) is 0. The van der Waals surface area contributed by atoms with Crippen LogP contribution in [-0.2, 0) is 7.05 Å². The first-order valence-corrected chi connectivity index (χ1v) is 7.14. The Bertz CT molecular complexity index is 639. The van der Waals surface area contributed by atoms with Crippen LogP contribution < -0.4 is 4.74 Å². The fraction of sp³-hybridized carbons (Fsp3) is 0.438. The highest BCUT2D eigenvalue weighted by atomic mass is 16.5. The van der Waals surface area contributed by atoms with Crippen LogP contribution in [0.4, 0.5) is 0 Å². The van der Waals surface area contributed by atoms with Crippen molar-refractivity contribution in [2.24, 2.45) is 7.05 Å². The van der Waals surface area contributed by atoms with E-state index in [0.717, 1.165) is 48.3 Å². The predicted molar refractivity (Wildman–Crippen MR) is 79.2 cm³/mol. The minimum absolute atomic E-state index is 0.130. The summed E-state index contributed by atoms with van der Waals surface area (Å²) >= 11 is 0. The Balaban J connectivity index is 2.03. The Hall–Kier alpha value is -1.97. The van der Waals surface area contributed by atoms with E-state index >= 15 is 0 Å². The number of aryl methyl sites for hydroxylation is 1. The number of para-hydroxylation sites is 1. The number of amides is 1. The van der Waals surface area contributed by atoms with Crippen LogP contribution in [-0.4, -0.2) is 35.6 Å². The van der Waals surface area contributed by atoms with Gasteiger partial charge in [0, 0.05) is 25.5 Å². The molecule has 0 atom stereocenters. The van der Waals surface area contributed by atoms with Gasteiger partial charge in [-0.05, 0) is 31.4 Å². The van der Waals surface area contributed by atoms with E-state index in [1.54, 1.807) is 7.11 Å². The van der Waals surface area contributed by atoms with Crippen molar-refractivity contribution in [2.45, 2.75) is 19.3 Å². The van der Waals surface area contributed by atoms with Crippen LogP contribution in [0.5, 0.6) is 5.75 Å². The normalized spacial score (nSPS) is 15.6. The van der Waals surface area contributed by atoms with Crippen LogP contribution in [0.15, 0.2) is 24.3 Å². The maximum atomic E-state index is 12.7. The van der Waals surface area contributed by atoms with E-state index in [2.05, 4.69) is 0 Å². The smallest absolute Gasteiger partial charge is 0.270 e. The number of methoxy groups -OCH3 is 1. The van der Waals surface area contributed by atoms with Gasteiger partial charge in [-0.25, -0.2) is 0 Å². The van der Waals surface area contributed by atoms with Gasteiger partial charge in [-0.3, -0.25) is 4.79 Å². The van der Waals surface area contributed by atoms with E-state index in [0.29, 0.717) is 0 Å². The van der Waals surface area contributed by atoms with Crippen LogP contribution in [0.3, 0.4) is 0 Å². The van der Waals surface area contributed by atoms with E-state index in [1.165, 1.54) is 6.42 Å². The largest absolute Gasteiger partial charge is 0.495 e. The monoisotopic (exact) mass is 272 g/mol. The number of fused-ring (bicyclic) bond motifs is 1. The van der Waals surface area contributed by atoms with Gasteiger partial charge >= 0.3 is 0 Å². The summed E-state index contributed by atoms with van der Waals surface area (Å²) in [5, 5.41) is 1.05. The van der Waals surface area contributed by atoms with Crippen molar-refractivity contribution in [1.29, 1.82) is 0 Å². The quantitative estimate of drug-likeness (QED) is 0.842. The van der Waals surface area contributed by atoms with E-state index in [4.69, 9.17) is 4.74 Å². The van der Waals surface area contributed by atoms with Crippen molar-refractivity contribution >= 4 is 16.8 Å². The molecule has 0 saturated carbocycles. The molecular weight excluding hydrogens is 252 g/mol. The molecule has 0 aliphatic carbocycles. The van der Waals surface area contributed by atoms with E-state index in [1.807, 2.05) is 40.8 Å². The second-order valence-corrected chi connectivity index (χ2v) is 5.34. The third-order valence-electron chi connectivity index (χ3n) is 4.10. The molecule has 1 fully saturated rings. The summed E-state index contributed by atoms with van der Waals surface area (Å²) in [5.74, 6) is 0.938. The van der Waals surface area contributed by atoms with Gasteiger partial charge in [0.1, 0.15) is 11.4 Å². The summed E-state index contributed by atoms with van der Waals surface area (Å²) in [5.41, 5.74) is 1.72. The molecule has 0 N–H and O–H groups in total. The average molecular weight is 272 g/mol. The third kappa shape index (κ3) is 2.05. The lowest BCUT2D eigenvalue weighted by atomic mass is 10.1. The number of ether oxygens (including phenoxy) is 1. The molecule has 2 aromatic rings. The van der Waals surface area contributed by atoms with Gasteiger partial charge < -0.3 is 14.2 Å². The Morgan fingerprint density at radius 2 is 1.95 bits per heavy atom. The lowest BCUT2D eigenvalue weighted by Gasteiger charge is -2.26. The molecule has 0 spiro atoms. The molecule has 0 unspecified atom stereocenters. The van der Waals surface area contributed by atoms with Gasteiger partial charge in [0.15, 0.2) is 0 Å². The zero-order chi connectivity index (χ0) is 14.1. The topological polar surface area (TPSA) is 34.5 Å². The summed E-state index contributed by atoms with van der Waals surface area (Å²) in [6.07, 6.45) is 3.45. The van der Waals surface area contributed by atoms with Crippen LogP contribution >= 0.6 is 0 Å². The van der Waals surface area contributed by atoms with E-state index in [-0.39, 0.29) is 5.91 Å². The van der Waals surface area contributed by atoms with Gasteiger partial charge in [-0.2, -0.15) is 0 Å². The molecule has 1 amide bonds. The first kappa shape index (κ1) is 13.0. The summed E-state index contributed by atoms with van der Waals surface area (Å²) in [6, 6.07) is 7.87. The maximum Gasteiger partial charge on any atom is 0.270 e. The lowest BCUT2D eigenvalue weighted by molar-refractivity contribution is 0.0715. The molecule has 0 bridgehead atoms. The molecule has 20 heavy (non-hydrogen) atoms. The summed E-state index contributed by atoms with van der Waals surface area (Å²) in [6.45, 7) is 1.75. The molecule has 1 aromatic heterocycles. The molecule has 1 saturated heterocycles. The molecule has 4 heteroatoms. The molecule has 1 aliphatic rings. The minimum Gasteiger partial charge on any atom is -0.495 e. The Morgan fingerprint density at radius 1 is 1.20 bits per heavy atom. The highest BCUT2D eigenvalue weighted by Crippen LogP contribution is 2.28. The van der Waals surface area contributed by atoms with Crippen molar-refractivity contribution in [2.75, 3.05) is 20.2 Å². The number of likely N-dealkylation sites (tertiary alicyclic amines) is 1. The van der Waals surface area contributed by atoms with Crippen LogP contribution in [0.2, 0.25) is 0 Å². The standard InChI is InChI=1S/C16H20N2O2/c1-17-13(16(19)18-9-4-3-5-10-18)11-12-7-6-8-14(20-2)15(12)17/h6-8,11H,3-5,9-10H2,1-2H3. The van der Waals surface area contributed by atoms with Crippen molar-refractivity contribution < 1.29 is 9.53 Å². The maximum absolute atomic E-state index is 12.7. The zero-order valence-electron chi connectivity index (χ0n) is 12.1. The molecule has 4 nitrogen and oxygen atoms in total. The van der Waals surface area contributed by atoms with Crippen molar-refractivity contribution in [3.8, 4) is 5.75 Å². The molecule has 1 aliphatic heterocycles. The van der Waals surface area contributed by atoms with Crippen molar-refractivity contribution in [3.05, 3.63) is 30.0 Å². The second-order valence-electron chi connectivity index (χ2n) is 5.34. The summed E-state index contributed by atoms with van der Waals surface area (Å²) < 4.78 is 7.35. The average Bonchev–Trinajstić information content (AvgIpc) is 2.85. The van der Waals surface area contributed by atoms with Gasteiger partial charge in [0.25, 0.3) is 5.91 Å². The molecule has 1 aromatic carbocycles. The number of carbonyl (C=O) groups excluding carboxylic acids is 1. The van der Waals surface area contributed by atoms with Crippen LogP contribution in [0.25, 0.3) is 10.9 Å². The SMILES string of the molecule is COc1cccc2cc(C(=O)N3CCCCC3)n(C)c12. The third-order valence-corrected chi connectivity index (χ3v) is 4.10. The van der Waals surface area contributed by atoms with E-state index < -0.39 is 0 Å². The first-order chi connectivity index (χ1) is 9.72. The van der Waals surface area contributed by atoms with Crippen LogP contribution in [0.1, 0.15) is 29.8 Å². The molecule has 2 heterocycles. The second kappa shape index (κ2) is 5.19. The number of hydrogen-bond acceptors (Lipinski definition) is 2. The Morgan fingerprint density at radius 3 is 2.65 bits per heavy atom. The number of rotatable bonds is 2. The molecule has 3 rings (SSSR count). The molecular formula is C16H20N2O2. The number of carbonyl (C=O) groups is 1. The Labute approximate surface area is 118 Å². The van der Waals surface area contributed by atoms with Gasteiger partial charge in [0.2, 0.25) is 0 Å². The molecule has 106 valence electrons. The zero-order valence-corrected chi connectivity index (χ0v) is 12.1. The number of nitrogens with zero attached hydrogens (tertiary/aromatic N) is 2. The highest BCUT2D eigenvalue weighted by molar-refractivity contribution is 6.00. The van der Waals surface area contributed by atoms with Crippen LogP contribution in [0, 0.1) is 0 Å². The van der Waals surface area contributed by atoms with E-state index in [9.17, 15) is 4.79 Å². The highest BCUT2D eigenvalue weighted by Gasteiger charge is 2.22. The predicted octanol–water partition coefficient (Wildman–Crippen LogP) is 2.81. The Kier molecular flexibility index (Phi) is 3.38. The van der Waals surface area contributed by atoms with Crippen molar-refractivity contribution in [1.82, 2.24) is 9.47 Å². The number of piperidine rings is 1. The summed E-state index contributed by atoms with van der Waals surface area (Å²) in [7, 11) is 3.59. The fourth-order valence-electron chi connectivity index (χ4n) is 3.01.